The number of carbonyl (C=O) groups excluding carboxylic acids is 2. The molecule has 156 valence electrons. The fourth-order valence-electron chi connectivity index (χ4n) is 4.00. The van der Waals surface area contributed by atoms with Crippen LogP contribution in [0.15, 0.2) is 23.3 Å². The largest absolute Gasteiger partial charge is 0.378 e. The Kier molecular flexibility index (Phi) is 5.66. The van der Waals surface area contributed by atoms with Gasteiger partial charge in [-0.2, -0.15) is 0 Å². The van der Waals surface area contributed by atoms with Crippen LogP contribution in [0.2, 0.25) is 0 Å². The van der Waals surface area contributed by atoms with Crippen LogP contribution in [0.1, 0.15) is 32.3 Å². The Labute approximate surface area is 170 Å². The minimum atomic E-state index is -0.542. The number of nitrogens with zero attached hydrogens (tertiary/aromatic N) is 5. The third-order valence-electron chi connectivity index (χ3n) is 5.45. The van der Waals surface area contributed by atoms with E-state index in [1.807, 2.05) is 26.0 Å². The summed E-state index contributed by atoms with van der Waals surface area (Å²) in [5, 5.41) is 3.25. The van der Waals surface area contributed by atoms with Gasteiger partial charge in [-0.3, -0.25) is 14.6 Å². The maximum Gasteiger partial charge on any atom is 0.328 e. The zero-order valence-electron chi connectivity index (χ0n) is 17.0. The van der Waals surface area contributed by atoms with Crippen molar-refractivity contribution in [2.24, 2.45) is 4.99 Å². The van der Waals surface area contributed by atoms with Crippen LogP contribution in [0, 0.1) is 0 Å². The van der Waals surface area contributed by atoms with E-state index in [-0.39, 0.29) is 11.9 Å². The molecule has 2 atom stereocenters. The number of imide groups is 1. The standard InChI is InChI=1S/C20H28N6O3/c1-3-7-25-18-16(19(27)26(8-4-2)20(25)28)22-17(23-18)14-5-6-15(21-13-14)24-9-11-29-12-10-24/h5-6,13,16,18H,3-4,7-12H2,1-2H3,(H,22,23). The number of anilines is 1. The van der Waals surface area contributed by atoms with Crippen molar-refractivity contribution in [3.63, 3.8) is 0 Å². The molecule has 1 N–H and O–H groups in total. The lowest BCUT2D eigenvalue weighted by atomic mass is 10.1. The first-order valence-corrected chi connectivity index (χ1v) is 10.4. The molecule has 0 radical (unpaired) electrons. The molecule has 2 saturated heterocycles. The van der Waals surface area contributed by atoms with Crippen molar-refractivity contribution in [1.29, 1.82) is 0 Å². The number of carbonyl (C=O) groups is 2. The fourth-order valence-corrected chi connectivity index (χ4v) is 4.00. The molecular formula is C20H28N6O3. The lowest BCUT2D eigenvalue weighted by Crippen LogP contribution is -2.65. The maximum atomic E-state index is 12.9. The highest BCUT2D eigenvalue weighted by molar-refractivity contribution is 6.08. The molecule has 3 aliphatic rings. The summed E-state index contributed by atoms with van der Waals surface area (Å²) in [6.45, 7) is 8.04. The second-order valence-corrected chi connectivity index (χ2v) is 7.48. The van der Waals surface area contributed by atoms with E-state index in [0.29, 0.717) is 32.1 Å². The Bertz CT molecular complexity index is 790. The van der Waals surface area contributed by atoms with E-state index in [2.05, 4.69) is 15.2 Å². The number of urea groups is 1. The Morgan fingerprint density at radius 3 is 2.55 bits per heavy atom. The van der Waals surface area contributed by atoms with Gasteiger partial charge in [-0.25, -0.2) is 14.8 Å². The quantitative estimate of drug-likeness (QED) is 0.768. The van der Waals surface area contributed by atoms with E-state index >= 15 is 0 Å². The van der Waals surface area contributed by atoms with Gasteiger partial charge >= 0.3 is 6.03 Å². The first-order valence-electron chi connectivity index (χ1n) is 10.4. The Morgan fingerprint density at radius 1 is 1.14 bits per heavy atom. The van der Waals surface area contributed by atoms with Gasteiger partial charge in [-0.15, -0.1) is 0 Å². The van der Waals surface area contributed by atoms with Crippen LogP contribution in [0.25, 0.3) is 0 Å². The van der Waals surface area contributed by atoms with E-state index in [1.54, 1.807) is 11.1 Å². The van der Waals surface area contributed by atoms with Crippen LogP contribution in [0.4, 0.5) is 10.6 Å². The number of nitrogens with one attached hydrogen (secondary N) is 1. The van der Waals surface area contributed by atoms with Gasteiger partial charge in [0.25, 0.3) is 5.91 Å². The third-order valence-corrected chi connectivity index (χ3v) is 5.45. The summed E-state index contributed by atoms with van der Waals surface area (Å²) in [6.07, 6.45) is 2.81. The average molecular weight is 400 g/mol. The van der Waals surface area contributed by atoms with E-state index in [4.69, 9.17) is 9.73 Å². The molecule has 9 heteroatoms. The summed E-state index contributed by atoms with van der Waals surface area (Å²) in [4.78, 5) is 40.2. The Hall–Kier alpha value is -2.68. The second-order valence-electron chi connectivity index (χ2n) is 7.48. The molecule has 29 heavy (non-hydrogen) atoms. The molecule has 0 spiro atoms. The lowest BCUT2D eigenvalue weighted by Gasteiger charge is -2.40. The summed E-state index contributed by atoms with van der Waals surface area (Å²) < 4.78 is 5.39. The number of aromatic nitrogens is 1. The van der Waals surface area contributed by atoms with Crippen LogP contribution in [-0.2, 0) is 9.53 Å². The zero-order valence-corrected chi connectivity index (χ0v) is 17.0. The lowest BCUT2D eigenvalue weighted by molar-refractivity contribution is -0.134. The van der Waals surface area contributed by atoms with E-state index < -0.39 is 12.2 Å². The highest BCUT2D eigenvalue weighted by atomic mass is 16.5. The van der Waals surface area contributed by atoms with Crippen molar-refractivity contribution in [1.82, 2.24) is 20.1 Å². The number of amides is 3. The van der Waals surface area contributed by atoms with Gasteiger partial charge < -0.3 is 15.0 Å². The first-order chi connectivity index (χ1) is 14.1. The average Bonchev–Trinajstić information content (AvgIpc) is 3.20. The molecule has 0 saturated carbocycles. The number of hydrogen-bond acceptors (Lipinski definition) is 7. The number of aliphatic imine (C=N–C) groups is 1. The molecule has 0 aliphatic carbocycles. The molecule has 9 nitrogen and oxygen atoms in total. The SMILES string of the molecule is CCCN1C(=O)C2NC(c3ccc(N4CCOCC4)nc3)=NC2N(CCC)C1=O. The molecular weight excluding hydrogens is 372 g/mol. The van der Waals surface area contributed by atoms with Crippen molar-refractivity contribution >= 4 is 23.6 Å². The number of amidine groups is 1. The molecule has 4 heterocycles. The smallest absolute Gasteiger partial charge is 0.328 e. The van der Waals surface area contributed by atoms with Crippen LogP contribution in [0.5, 0.6) is 0 Å². The van der Waals surface area contributed by atoms with Crippen LogP contribution < -0.4 is 10.2 Å². The molecule has 2 fully saturated rings. The maximum absolute atomic E-state index is 12.9. The summed E-state index contributed by atoms with van der Waals surface area (Å²) in [6, 6.07) is 3.14. The normalized spacial score (nSPS) is 24.5. The Morgan fingerprint density at radius 2 is 1.90 bits per heavy atom. The fraction of sp³-hybridized carbons (Fsp3) is 0.600. The van der Waals surface area contributed by atoms with Gasteiger partial charge in [-0.05, 0) is 25.0 Å². The first kappa shape index (κ1) is 19.6. The van der Waals surface area contributed by atoms with Gasteiger partial charge in [0, 0.05) is 37.9 Å². The zero-order chi connectivity index (χ0) is 20.4. The second kappa shape index (κ2) is 8.36. The Balaban J connectivity index is 1.55. The number of rotatable bonds is 6. The summed E-state index contributed by atoms with van der Waals surface area (Å²) in [7, 11) is 0. The van der Waals surface area contributed by atoms with E-state index in [1.165, 1.54) is 4.90 Å². The van der Waals surface area contributed by atoms with Crippen molar-refractivity contribution in [3.05, 3.63) is 23.9 Å². The topological polar surface area (TPSA) is 90.4 Å². The predicted molar refractivity (Wildman–Crippen MR) is 109 cm³/mol. The molecule has 1 aromatic rings. The van der Waals surface area contributed by atoms with E-state index in [0.717, 1.165) is 37.3 Å². The molecule has 4 rings (SSSR count). The molecule has 3 aliphatic heterocycles. The van der Waals surface area contributed by atoms with Crippen LogP contribution in [-0.4, -0.2) is 84.2 Å². The highest BCUT2D eigenvalue weighted by Crippen LogP contribution is 2.25. The van der Waals surface area contributed by atoms with Gasteiger partial charge in [-0.1, -0.05) is 13.8 Å². The van der Waals surface area contributed by atoms with E-state index in [9.17, 15) is 9.59 Å². The minimum absolute atomic E-state index is 0.203. The number of fused-ring (bicyclic) bond motifs is 1. The third kappa shape index (κ3) is 3.66. The number of morpholine rings is 1. The molecule has 2 unspecified atom stereocenters. The molecule has 0 aromatic carbocycles. The molecule has 0 bridgehead atoms. The van der Waals surface area contributed by atoms with Gasteiger partial charge in [0.05, 0.1) is 13.2 Å². The summed E-state index contributed by atoms with van der Waals surface area (Å²) >= 11 is 0. The van der Waals surface area contributed by atoms with Crippen LogP contribution >= 0.6 is 0 Å². The summed E-state index contributed by atoms with van der Waals surface area (Å²) in [5.74, 6) is 1.31. The summed E-state index contributed by atoms with van der Waals surface area (Å²) in [5.41, 5.74) is 0.815. The van der Waals surface area contributed by atoms with Crippen molar-refractivity contribution in [3.8, 4) is 0 Å². The van der Waals surface area contributed by atoms with Crippen molar-refractivity contribution in [2.45, 2.75) is 38.9 Å². The van der Waals surface area contributed by atoms with Gasteiger partial charge in [0.2, 0.25) is 0 Å². The van der Waals surface area contributed by atoms with Gasteiger partial charge in [0.15, 0.2) is 6.17 Å². The predicted octanol–water partition coefficient (Wildman–Crippen LogP) is 1.05. The highest BCUT2D eigenvalue weighted by Gasteiger charge is 2.49. The molecule has 3 amide bonds. The minimum Gasteiger partial charge on any atom is -0.378 e. The van der Waals surface area contributed by atoms with Crippen molar-refractivity contribution in [2.75, 3.05) is 44.3 Å². The number of ether oxygens (including phenoxy) is 1. The van der Waals surface area contributed by atoms with Crippen LogP contribution in [0.3, 0.4) is 0 Å². The van der Waals surface area contributed by atoms with Crippen molar-refractivity contribution < 1.29 is 14.3 Å². The monoisotopic (exact) mass is 400 g/mol. The number of pyridine rings is 1. The van der Waals surface area contributed by atoms with Gasteiger partial charge in [0.1, 0.15) is 17.7 Å². The number of hydrogen-bond donors (Lipinski definition) is 1. The molecule has 1 aromatic heterocycles.